The van der Waals surface area contributed by atoms with Crippen molar-refractivity contribution in [2.24, 2.45) is 17.0 Å². The summed E-state index contributed by atoms with van der Waals surface area (Å²) >= 11 is 0. The Morgan fingerprint density at radius 2 is 2.38 bits per heavy atom. The summed E-state index contributed by atoms with van der Waals surface area (Å²) < 4.78 is 1.41. The molecule has 0 amide bonds. The van der Waals surface area contributed by atoms with E-state index in [1.54, 1.807) is 26.4 Å². The largest absolute Gasteiger partial charge is 0.476 e. The van der Waals surface area contributed by atoms with Crippen LogP contribution < -0.4 is 0 Å². The van der Waals surface area contributed by atoms with Crippen molar-refractivity contribution in [1.82, 2.24) is 9.78 Å². The van der Waals surface area contributed by atoms with E-state index in [0.29, 0.717) is 11.3 Å². The number of carboxylic acids is 1. The van der Waals surface area contributed by atoms with Crippen molar-refractivity contribution in [2.75, 3.05) is 0 Å². The highest BCUT2D eigenvalue weighted by Crippen LogP contribution is 2.19. The molecule has 0 aromatic carbocycles. The smallest absolute Gasteiger partial charge is 0.357 e. The maximum atomic E-state index is 10.9. The van der Waals surface area contributed by atoms with Crippen LogP contribution in [0.4, 0.5) is 0 Å². The van der Waals surface area contributed by atoms with Crippen LogP contribution in [-0.2, 0) is 7.05 Å². The Morgan fingerprint density at radius 1 is 1.69 bits per heavy atom. The molecule has 0 radical (unpaired) electrons. The molecule has 0 saturated carbocycles. The summed E-state index contributed by atoms with van der Waals surface area (Å²) in [6.45, 7) is 5.13. The van der Waals surface area contributed by atoms with E-state index in [1.165, 1.54) is 10.9 Å². The van der Waals surface area contributed by atoms with Crippen LogP contribution in [0.15, 0.2) is 22.4 Å². The molecular formula is C10H12N4O2. The van der Waals surface area contributed by atoms with E-state index < -0.39 is 5.97 Å². The Bertz CT molecular complexity index is 471. The number of carbonyl (C=O) groups is 1. The van der Waals surface area contributed by atoms with Gasteiger partial charge in [-0.05, 0) is 13.6 Å². The molecule has 0 aliphatic carbocycles. The number of hydrogen-bond donors (Lipinski definition) is 1. The first-order valence-electron chi connectivity index (χ1n) is 4.52. The lowest BCUT2D eigenvalue weighted by Crippen LogP contribution is -2.01. The zero-order chi connectivity index (χ0) is 12.1. The Hall–Kier alpha value is -2.24. The molecule has 0 atom stereocenters. The molecule has 1 rings (SSSR count). The second kappa shape index (κ2) is 5.01. The van der Waals surface area contributed by atoms with Crippen LogP contribution >= 0.6 is 0 Å². The molecule has 0 aliphatic heterocycles. The van der Waals surface area contributed by atoms with Crippen LogP contribution in [0.5, 0.6) is 0 Å². The van der Waals surface area contributed by atoms with E-state index in [2.05, 4.69) is 21.8 Å². The van der Waals surface area contributed by atoms with Crippen molar-refractivity contribution in [3.63, 3.8) is 0 Å². The topological polar surface area (TPSA) is 79.8 Å². The van der Waals surface area contributed by atoms with Crippen LogP contribution in [0.25, 0.3) is 5.70 Å². The average Bonchev–Trinajstić information content (AvgIpc) is 2.62. The van der Waals surface area contributed by atoms with Crippen molar-refractivity contribution < 1.29 is 9.90 Å². The molecule has 84 valence electrons. The third-order valence-electron chi connectivity index (χ3n) is 1.82. The lowest BCUT2D eigenvalue weighted by molar-refractivity contribution is 0.0689. The van der Waals surface area contributed by atoms with E-state index in [1.807, 2.05) is 0 Å². The molecule has 16 heavy (non-hydrogen) atoms. The minimum absolute atomic E-state index is 0.0625. The molecule has 1 N–H and O–H groups in total. The molecule has 1 aromatic rings. The molecule has 0 spiro atoms. The number of aromatic carboxylic acids is 1. The van der Waals surface area contributed by atoms with Crippen LogP contribution in [0.3, 0.4) is 0 Å². The monoisotopic (exact) mass is 220 g/mol. The van der Waals surface area contributed by atoms with E-state index in [9.17, 15) is 4.79 Å². The first-order chi connectivity index (χ1) is 7.60. The molecule has 0 fully saturated rings. The molecular weight excluding hydrogens is 208 g/mol. The summed E-state index contributed by atoms with van der Waals surface area (Å²) in [5.74, 6) is -1.11. The Balaban J connectivity index is 3.29. The van der Waals surface area contributed by atoms with E-state index in [0.717, 1.165) is 0 Å². The van der Waals surface area contributed by atoms with Gasteiger partial charge in [0.2, 0.25) is 0 Å². The van der Waals surface area contributed by atoms with Gasteiger partial charge in [0.15, 0.2) is 5.69 Å². The van der Waals surface area contributed by atoms with Gasteiger partial charge in [-0.25, -0.2) is 4.79 Å². The second-order valence-electron chi connectivity index (χ2n) is 2.95. The summed E-state index contributed by atoms with van der Waals surface area (Å²) in [5, 5.41) is 12.8. The molecule has 1 heterocycles. The standard InChI is InChI=1S/C10H12N4O2/c1-4-12-5-8(11-2)7-6-14(3)13-9(7)10(15)16/h4-6H,2H2,1,3H3,(H,15,16)/b8-5-,12-4-. The summed E-state index contributed by atoms with van der Waals surface area (Å²) in [6.07, 6.45) is 4.58. The molecule has 1 aromatic heterocycles. The van der Waals surface area contributed by atoms with Gasteiger partial charge in [-0.2, -0.15) is 5.10 Å². The fraction of sp³-hybridized carbons (Fsp3) is 0.200. The number of aryl methyl sites for hydroxylation is 1. The van der Waals surface area contributed by atoms with Gasteiger partial charge in [-0.15, -0.1) is 0 Å². The van der Waals surface area contributed by atoms with Gasteiger partial charge in [-0.1, -0.05) is 0 Å². The van der Waals surface area contributed by atoms with Crippen molar-refractivity contribution in [3.05, 3.63) is 23.7 Å². The molecule has 6 heteroatoms. The number of aliphatic imine (C=N–C) groups is 2. The number of carboxylic acid groups (broad SMARTS) is 1. The lowest BCUT2D eigenvalue weighted by atomic mass is 10.2. The third-order valence-corrected chi connectivity index (χ3v) is 1.82. The molecule has 0 unspecified atom stereocenters. The highest BCUT2D eigenvalue weighted by atomic mass is 16.4. The zero-order valence-electron chi connectivity index (χ0n) is 9.08. The maximum absolute atomic E-state index is 10.9. The van der Waals surface area contributed by atoms with Crippen LogP contribution in [0.1, 0.15) is 23.0 Å². The van der Waals surface area contributed by atoms with Crippen molar-refractivity contribution in [2.45, 2.75) is 6.92 Å². The summed E-state index contributed by atoms with van der Waals surface area (Å²) in [7, 11) is 1.64. The van der Waals surface area contributed by atoms with Gasteiger partial charge >= 0.3 is 5.97 Å². The Labute approximate surface area is 92.7 Å². The first kappa shape index (κ1) is 11.8. The third kappa shape index (κ3) is 2.41. The first-order valence-corrected chi connectivity index (χ1v) is 4.52. The predicted molar refractivity (Wildman–Crippen MR) is 61.9 cm³/mol. The van der Waals surface area contributed by atoms with Crippen molar-refractivity contribution >= 4 is 24.6 Å². The minimum atomic E-state index is -1.11. The molecule has 0 saturated heterocycles. The average molecular weight is 220 g/mol. The maximum Gasteiger partial charge on any atom is 0.357 e. The lowest BCUT2D eigenvalue weighted by Gasteiger charge is -1.96. The van der Waals surface area contributed by atoms with Crippen molar-refractivity contribution in [3.8, 4) is 0 Å². The summed E-state index contributed by atoms with van der Waals surface area (Å²) in [5.41, 5.74) is 0.714. The normalized spacial score (nSPS) is 12.0. The van der Waals surface area contributed by atoms with Gasteiger partial charge in [0.05, 0.1) is 17.5 Å². The number of rotatable bonds is 4. The van der Waals surface area contributed by atoms with Gasteiger partial charge in [-0.3, -0.25) is 14.7 Å². The fourth-order valence-corrected chi connectivity index (χ4v) is 1.17. The van der Waals surface area contributed by atoms with E-state index in [-0.39, 0.29) is 5.69 Å². The second-order valence-corrected chi connectivity index (χ2v) is 2.95. The van der Waals surface area contributed by atoms with Crippen LogP contribution in [0.2, 0.25) is 0 Å². The molecule has 0 aliphatic rings. The van der Waals surface area contributed by atoms with Gasteiger partial charge in [0.25, 0.3) is 0 Å². The highest BCUT2D eigenvalue weighted by molar-refractivity contribution is 5.92. The van der Waals surface area contributed by atoms with Gasteiger partial charge in [0, 0.05) is 19.5 Å². The van der Waals surface area contributed by atoms with Gasteiger partial charge < -0.3 is 5.11 Å². The molecule has 0 bridgehead atoms. The highest BCUT2D eigenvalue weighted by Gasteiger charge is 2.17. The predicted octanol–water partition coefficient (Wildman–Crippen LogP) is 1.21. The van der Waals surface area contributed by atoms with Gasteiger partial charge in [0.1, 0.15) is 0 Å². The number of nitrogens with zero attached hydrogens (tertiary/aromatic N) is 4. The van der Waals surface area contributed by atoms with Crippen molar-refractivity contribution in [1.29, 1.82) is 0 Å². The number of hydrogen-bond acceptors (Lipinski definition) is 4. The fourth-order valence-electron chi connectivity index (χ4n) is 1.17. The van der Waals surface area contributed by atoms with E-state index >= 15 is 0 Å². The zero-order valence-corrected chi connectivity index (χ0v) is 9.08. The quantitative estimate of drug-likeness (QED) is 0.774. The van der Waals surface area contributed by atoms with Crippen LogP contribution in [0, 0.1) is 0 Å². The Kier molecular flexibility index (Phi) is 3.71. The number of aromatic nitrogens is 2. The molecule has 6 nitrogen and oxygen atoms in total. The summed E-state index contributed by atoms with van der Waals surface area (Å²) in [4.78, 5) is 18.5. The van der Waals surface area contributed by atoms with Crippen LogP contribution in [-0.4, -0.2) is 33.8 Å². The minimum Gasteiger partial charge on any atom is -0.476 e. The SMILES string of the molecule is C=N/C(=C\N=C/C)c1cn(C)nc1C(=O)O. The Morgan fingerprint density at radius 3 is 2.88 bits per heavy atom. The van der Waals surface area contributed by atoms with E-state index in [4.69, 9.17) is 5.11 Å². The summed E-state index contributed by atoms with van der Waals surface area (Å²) in [6, 6.07) is 0.